The second-order valence-corrected chi connectivity index (χ2v) is 4.52. The van der Waals surface area contributed by atoms with Gasteiger partial charge < -0.3 is 4.98 Å². The number of nitrogens with zero attached hydrogens (tertiary/aromatic N) is 3. The number of rotatable bonds is 1. The van der Waals surface area contributed by atoms with E-state index in [4.69, 9.17) is 0 Å². The van der Waals surface area contributed by atoms with Crippen molar-refractivity contribution in [1.82, 2.24) is 18.9 Å². The van der Waals surface area contributed by atoms with Crippen LogP contribution in [-0.4, -0.2) is 18.9 Å². The third-order valence-electron chi connectivity index (χ3n) is 2.64. The molecule has 3 rings (SSSR count). The molecule has 0 aromatic carbocycles. The van der Waals surface area contributed by atoms with E-state index in [1.54, 1.807) is 18.3 Å². The number of fused-ring (bicyclic) bond motifs is 1. The molecular formula is C11H8N4O2S. The Balaban J connectivity index is 2.41. The largest absolute Gasteiger partial charge is 0.328 e. The quantitative estimate of drug-likeness (QED) is 0.700. The van der Waals surface area contributed by atoms with Crippen LogP contribution < -0.4 is 11.2 Å². The molecule has 0 radical (unpaired) electrons. The third kappa shape index (κ3) is 1.48. The minimum absolute atomic E-state index is 0.339. The third-order valence-corrected chi connectivity index (χ3v) is 3.47. The maximum absolute atomic E-state index is 11.9. The van der Waals surface area contributed by atoms with Gasteiger partial charge in [-0.1, -0.05) is 6.07 Å². The number of aromatic amines is 1. The van der Waals surface area contributed by atoms with Gasteiger partial charge in [0.05, 0.1) is 11.2 Å². The van der Waals surface area contributed by atoms with Gasteiger partial charge in [0.15, 0.2) is 0 Å². The van der Waals surface area contributed by atoms with Gasteiger partial charge >= 0.3 is 5.69 Å². The molecule has 0 saturated carbocycles. The van der Waals surface area contributed by atoms with Crippen LogP contribution >= 0.6 is 11.5 Å². The lowest BCUT2D eigenvalue weighted by Crippen LogP contribution is -2.31. The monoisotopic (exact) mass is 260 g/mol. The number of pyridine rings is 1. The Hall–Kier alpha value is -2.28. The van der Waals surface area contributed by atoms with Gasteiger partial charge in [-0.15, -0.1) is 0 Å². The molecule has 6 nitrogen and oxygen atoms in total. The van der Waals surface area contributed by atoms with Crippen LogP contribution in [0.3, 0.4) is 0 Å². The molecule has 3 aromatic heterocycles. The molecule has 3 aromatic rings. The van der Waals surface area contributed by atoms with Gasteiger partial charge in [0, 0.05) is 13.2 Å². The maximum Gasteiger partial charge on any atom is 0.328 e. The molecule has 0 bridgehead atoms. The molecule has 0 unspecified atom stereocenters. The van der Waals surface area contributed by atoms with Crippen molar-refractivity contribution in [3.05, 3.63) is 45.2 Å². The number of hydrogen-bond acceptors (Lipinski definition) is 5. The molecule has 3 heterocycles. The van der Waals surface area contributed by atoms with E-state index in [9.17, 15) is 9.59 Å². The first-order chi connectivity index (χ1) is 8.68. The number of nitrogens with one attached hydrogen (secondary N) is 1. The van der Waals surface area contributed by atoms with Crippen molar-refractivity contribution in [2.45, 2.75) is 0 Å². The van der Waals surface area contributed by atoms with Crippen molar-refractivity contribution >= 4 is 21.7 Å². The zero-order valence-corrected chi connectivity index (χ0v) is 10.2. The molecule has 0 aliphatic heterocycles. The summed E-state index contributed by atoms with van der Waals surface area (Å²) in [6.07, 6.45) is 1.64. The van der Waals surface area contributed by atoms with Gasteiger partial charge in [-0.2, -0.15) is 4.37 Å². The molecule has 0 aliphatic rings. The zero-order valence-electron chi connectivity index (χ0n) is 9.38. The second-order valence-electron chi connectivity index (χ2n) is 3.74. The molecule has 0 spiro atoms. The molecule has 18 heavy (non-hydrogen) atoms. The summed E-state index contributed by atoms with van der Waals surface area (Å²) in [6, 6.07) is 5.40. The van der Waals surface area contributed by atoms with Crippen molar-refractivity contribution in [2.75, 3.05) is 0 Å². The summed E-state index contributed by atoms with van der Waals surface area (Å²) < 4.78 is 5.66. The van der Waals surface area contributed by atoms with Gasteiger partial charge in [0.2, 0.25) is 0 Å². The predicted molar refractivity (Wildman–Crippen MR) is 68.7 cm³/mol. The zero-order chi connectivity index (χ0) is 12.7. The van der Waals surface area contributed by atoms with Crippen molar-refractivity contribution in [2.24, 2.45) is 7.05 Å². The summed E-state index contributed by atoms with van der Waals surface area (Å²) in [5.74, 6) is 0. The summed E-state index contributed by atoms with van der Waals surface area (Å²) in [4.78, 5) is 30.3. The number of H-pyrrole nitrogens is 1. The molecule has 7 heteroatoms. The van der Waals surface area contributed by atoms with E-state index >= 15 is 0 Å². The van der Waals surface area contributed by atoms with Gasteiger partial charge in [0.1, 0.15) is 10.4 Å². The number of aromatic nitrogens is 4. The fourth-order valence-electron chi connectivity index (χ4n) is 1.67. The fraction of sp³-hybridized carbons (Fsp3) is 0.0909. The maximum atomic E-state index is 11.9. The Bertz CT molecular complexity index is 832. The SMILES string of the molecule is Cn1c(=O)[nH]c2c(-c3ccccn3)nsc2c1=O. The van der Waals surface area contributed by atoms with Gasteiger partial charge in [-0.05, 0) is 23.7 Å². The van der Waals surface area contributed by atoms with Gasteiger partial charge in [0.25, 0.3) is 5.56 Å². The highest BCUT2D eigenvalue weighted by Gasteiger charge is 2.14. The molecule has 0 atom stereocenters. The first kappa shape index (κ1) is 10.8. The highest BCUT2D eigenvalue weighted by molar-refractivity contribution is 7.13. The Labute approximate surface area is 105 Å². The van der Waals surface area contributed by atoms with Gasteiger partial charge in [-0.25, -0.2) is 4.79 Å². The molecule has 0 fully saturated rings. The molecule has 0 saturated heterocycles. The summed E-state index contributed by atoms with van der Waals surface area (Å²) in [6.45, 7) is 0. The topological polar surface area (TPSA) is 80.6 Å². The molecule has 0 amide bonds. The molecule has 1 N–H and O–H groups in total. The van der Waals surface area contributed by atoms with E-state index in [1.165, 1.54) is 7.05 Å². The van der Waals surface area contributed by atoms with E-state index in [-0.39, 0.29) is 5.56 Å². The lowest BCUT2D eigenvalue weighted by Gasteiger charge is -1.98. The fourth-order valence-corrected chi connectivity index (χ4v) is 2.49. The van der Waals surface area contributed by atoms with Crippen molar-refractivity contribution < 1.29 is 0 Å². The van der Waals surface area contributed by atoms with E-state index in [2.05, 4.69) is 14.3 Å². The highest BCUT2D eigenvalue weighted by atomic mass is 32.1. The molecular weight excluding hydrogens is 252 g/mol. The highest BCUT2D eigenvalue weighted by Crippen LogP contribution is 2.24. The van der Waals surface area contributed by atoms with Crippen LogP contribution in [0.25, 0.3) is 21.6 Å². The van der Waals surface area contributed by atoms with Crippen LogP contribution in [-0.2, 0) is 7.05 Å². The number of hydrogen-bond donors (Lipinski definition) is 1. The van der Waals surface area contributed by atoms with Crippen molar-refractivity contribution in [3.63, 3.8) is 0 Å². The second kappa shape index (κ2) is 3.88. The Morgan fingerprint density at radius 1 is 1.33 bits per heavy atom. The predicted octanol–water partition coefficient (Wildman–Crippen LogP) is 0.745. The average molecular weight is 260 g/mol. The summed E-state index contributed by atoms with van der Waals surface area (Å²) in [5.41, 5.74) is 0.822. The van der Waals surface area contributed by atoms with E-state index in [0.717, 1.165) is 16.1 Å². The minimum Gasteiger partial charge on any atom is -0.304 e. The first-order valence-electron chi connectivity index (χ1n) is 5.18. The van der Waals surface area contributed by atoms with Crippen molar-refractivity contribution in [1.29, 1.82) is 0 Å². The lowest BCUT2D eigenvalue weighted by molar-refractivity contribution is 0.796. The van der Waals surface area contributed by atoms with Crippen LogP contribution in [0.1, 0.15) is 0 Å². The average Bonchev–Trinajstić information content (AvgIpc) is 2.81. The van der Waals surface area contributed by atoms with E-state index in [1.807, 2.05) is 6.07 Å². The van der Waals surface area contributed by atoms with E-state index < -0.39 is 5.69 Å². The van der Waals surface area contributed by atoms with Crippen LogP contribution in [0, 0.1) is 0 Å². The van der Waals surface area contributed by atoms with E-state index in [0.29, 0.717) is 21.6 Å². The minimum atomic E-state index is -0.454. The van der Waals surface area contributed by atoms with Crippen LogP contribution in [0.4, 0.5) is 0 Å². The van der Waals surface area contributed by atoms with Crippen LogP contribution in [0.5, 0.6) is 0 Å². The summed E-state index contributed by atoms with van der Waals surface area (Å²) in [5, 5.41) is 0. The smallest absolute Gasteiger partial charge is 0.304 e. The molecule has 90 valence electrons. The Morgan fingerprint density at radius 2 is 2.17 bits per heavy atom. The van der Waals surface area contributed by atoms with Crippen LogP contribution in [0.15, 0.2) is 34.0 Å². The Kier molecular flexibility index (Phi) is 2.34. The normalized spacial score (nSPS) is 10.9. The van der Waals surface area contributed by atoms with Crippen molar-refractivity contribution in [3.8, 4) is 11.4 Å². The lowest BCUT2D eigenvalue weighted by atomic mass is 10.2. The summed E-state index contributed by atoms with van der Waals surface area (Å²) >= 11 is 1.06. The standard InChI is InChI=1S/C11H8N4O2S/c1-15-10(16)9-8(13-11(15)17)7(14-18-9)6-4-2-3-5-12-6/h2-5H,1H3,(H,13,17). The molecule has 0 aliphatic carbocycles. The van der Waals surface area contributed by atoms with Crippen LogP contribution in [0.2, 0.25) is 0 Å². The summed E-state index contributed by atoms with van der Waals surface area (Å²) in [7, 11) is 1.43. The first-order valence-corrected chi connectivity index (χ1v) is 5.96. The Morgan fingerprint density at radius 3 is 2.89 bits per heavy atom. The van der Waals surface area contributed by atoms with Gasteiger partial charge in [-0.3, -0.25) is 14.3 Å².